The van der Waals surface area contributed by atoms with Crippen LogP contribution in [0.4, 0.5) is 4.39 Å². The maximum absolute atomic E-state index is 12.9. The molecule has 2 N–H and O–H groups in total. The number of carbonyl (C=O) groups excluding carboxylic acids is 1. The molecule has 116 valence electrons. The molecule has 0 fully saturated rings. The first kappa shape index (κ1) is 17.1. The highest BCUT2D eigenvalue weighted by atomic mass is 19.1. The van der Waals surface area contributed by atoms with E-state index in [1.165, 1.54) is 12.1 Å². The smallest absolute Gasteiger partial charge is 0.310 e. The number of halogens is 1. The number of carboxylic acids is 1. The van der Waals surface area contributed by atoms with E-state index in [4.69, 9.17) is 0 Å². The van der Waals surface area contributed by atoms with Gasteiger partial charge in [0.25, 0.3) is 0 Å². The van der Waals surface area contributed by atoms with Gasteiger partial charge in [-0.15, -0.1) is 0 Å². The topological polar surface area (TPSA) is 66.4 Å². The molecule has 0 radical (unpaired) electrons. The monoisotopic (exact) mass is 295 g/mol. The standard InChI is InChI=1S/C16H22FNO3/c1-10(2)16(4,15(20)21)9-14(19)18-11(3)12-5-7-13(17)8-6-12/h5-8,10-11H,9H2,1-4H3,(H,18,19)(H,20,21)/t11-,16?/m1/s1. The van der Waals surface area contributed by atoms with Gasteiger partial charge in [0.05, 0.1) is 11.5 Å². The highest BCUT2D eigenvalue weighted by molar-refractivity contribution is 5.85. The van der Waals surface area contributed by atoms with Gasteiger partial charge in [-0.3, -0.25) is 9.59 Å². The molecule has 2 atom stereocenters. The normalized spacial score (nSPS) is 15.3. The summed E-state index contributed by atoms with van der Waals surface area (Å²) in [6.07, 6.45) is -0.0917. The molecule has 21 heavy (non-hydrogen) atoms. The Kier molecular flexibility index (Phi) is 5.47. The third kappa shape index (κ3) is 4.28. The second-order valence-electron chi connectivity index (χ2n) is 5.89. The van der Waals surface area contributed by atoms with Crippen LogP contribution in [0.5, 0.6) is 0 Å². The molecule has 4 nitrogen and oxygen atoms in total. The molecule has 1 unspecified atom stereocenters. The van der Waals surface area contributed by atoms with Gasteiger partial charge in [0.2, 0.25) is 5.91 Å². The maximum Gasteiger partial charge on any atom is 0.310 e. The molecule has 1 aromatic rings. The Morgan fingerprint density at radius 3 is 2.19 bits per heavy atom. The number of rotatable bonds is 6. The van der Waals surface area contributed by atoms with Crippen molar-refractivity contribution in [1.29, 1.82) is 0 Å². The van der Waals surface area contributed by atoms with Crippen molar-refractivity contribution in [1.82, 2.24) is 5.32 Å². The Hall–Kier alpha value is -1.91. The summed E-state index contributed by atoms with van der Waals surface area (Å²) < 4.78 is 12.9. The molecule has 0 aliphatic rings. The average molecular weight is 295 g/mol. The summed E-state index contributed by atoms with van der Waals surface area (Å²) in [7, 11) is 0. The third-order valence-electron chi connectivity index (χ3n) is 4.04. The van der Waals surface area contributed by atoms with Crippen LogP contribution < -0.4 is 5.32 Å². The van der Waals surface area contributed by atoms with Crippen molar-refractivity contribution in [2.45, 2.75) is 40.2 Å². The number of amides is 1. The lowest BCUT2D eigenvalue weighted by Crippen LogP contribution is -2.39. The summed E-state index contributed by atoms with van der Waals surface area (Å²) >= 11 is 0. The lowest BCUT2D eigenvalue weighted by atomic mass is 9.76. The molecule has 1 amide bonds. The van der Waals surface area contributed by atoms with Crippen molar-refractivity contribution in [3.8, 4) is 0 Å². The van der Waals surface area contributed by atoms with Crippen LogP contribution in [0.2, 0.25) is 0 Å². The first-order valence-electron chi connectivity index (χ1n) is 6.95. The molecule has 0 heterocycles. The number of benzene rings is 1. The van der Waals surface area contributed by atoms with Crippen LogP contribution in [-0.4, -0.2) is 17.0 Å². The van der Waals surface area contributed by atoms with Crippen LogP contribution in [0.25, 0.3) is 0 Å². The fourth-order valence-electron chi connectivity index (χ4n) is 1.99. The number of carbonyl (C=O) groups is 2. The second kappa shape index (κ2) is 6.70. The summed E-state index contributed by atoms with van der Waals surface area (Å²) in [6, 6.07) is 5.54. The van der Waals surface area contributed by atoms with E-state index in [1.807, 2.05) is 0 Å². The van der Waals surface area contributed by atoms with Crippen molar-refractivity contribution in [2.24, 2.45) is 11.3 Å². The van der Waals surface area contributed by atoms with E-state index >= 15 is 0 Å². The van der Waals surface area contributed by atoms with Gasteiger partial charge in [-0.25, -0.2) is 4.39 Å². The molecule has 5 heteroatoms. The highest BCUT2D eigenvalue weighted by Crippen LogP contribution is 2.31. The number of carboxylic acid groups (broad SMARTS) is 1. The molecule has 0 aromatic heterocycles. The minimum atomic E-state index is -1.10. The Morgan fingerprint density at radius 2 is 1.76 bits per heavy atom. The minimum Gasteiger partial charge on any atom is -0.481 e. The van der Waals surface area contributed by atoms with Gasteiger partial charge >= 0.3 is 5.97 Å². The number of hydrogen-bond acceptors (Lipinski definition) is 2. The highest BCUT2D eigenvalue weighted by Gasteiger charge is 2.38. The zero-order valence-electron chi connectivity index (χ0n) is 12.8. The third-order valence-corrected chi connectivity index (χ3v) is 4.04. The lowest BCUT2D eigenvalue weighted by Gasteiger charge is -2.29. The van der Waals surface area contributed by atoms with Gasteiger partial charge in [0.15, 0.2) is 0 Å². The van der Waals surface area contributed by atoms with Gasteiger partial charge in [0, 0.05) is 6.42 Å². The summed E-state index contributed by atoms with van der Waals surface area (Å²) in [5, 5.41) is 12.1. The number of hydrogen-bond donors (Lipinski definition) is 2. The SMILES string of the molecule is CC(C)C(C)(CC(=O)N[C@H](C)c1ccc(F)cc1)C(=O)O. The molecule has 0 aliphatic carbocycles. The van der Waals surface area contributed by atoms with Crippen LogP contribution in [-0.2, 0) is 9.59 Å². The van der Waals surface area contributed by atoms with E-state index in [-0.39, 0.29) is 30.1 Å². The van der Waals surface area contributed by atoms with Crippen LogP contribution in [0.3, 0.4) is 0 Å². The fraction of sp³-hybridized carbons (Fsp3) is 0.500. The molecule has 0 aliphatic heterocycles. The summed E-state index contributed by atoms with van der Waals surface area (Å²) in [6.45, 7) is 6.91. The predicted octanol–water partition coefficient (Wildman–Crippen LogP) is 3.14. The van der Waals surface area contributed by atoms with E-state index in [9.17, 15) is 19.1 Å². The fourth-order valence-corrected chi connectivity index (χ4v) is 1.99. The van der Waals surface area contributed by atoms with Crippen LogP contribution in [0, 0.1) is 17.2 Å². The first-order chi connectivity index (χ1) is 9.66. The van der Waals surface area contributed by atoms with E-state index in [2.05, 4.69) is 5.32 Å². The van der Waals surface area contributed by atoms with Crippen molar-refractivity contribution in [3.05, 3.63) is 35.6 Å². The quantitative estimate of drug-likeness (QED) is 0.847. The van der Waals surface area contributed by atoms with E-state index in [0.29, 0.717) is 0 Å². The Bertz CT molecular complexity index is 513. The largest absolute Gasteiger partial charge is 0.481 e. The molecule has 0 saturated heterocycles. The maximum atomic E-state index is 12.9. The molecule has 0 saturated carbocycles. The Balaban J connectivity index is 2.72. The van der Waals surface area contributed by atoms with Crippen molar-refractivity contribution in [3.63, 3.8) is 0 Å². The molecule has 1 rings (SSSR count). The zero-order chi connectivity index (χ0) is 16.2. The zero-order valence-corrected chi connectivity index (χ0v) is 12.8. The lowest BCUT2D eigenvalue weighted by molar-refractivity contribution is -0.153. The summed E-state index contributed by atoms with van der Waals surface area (Å²) in [5.74, 6) is -1.81. The molecular weight excluding hydrogens is 273 g/mol. The van der Waals surface area contributed by atoms with E-state index < -0.39 is 11.4 Å². The van der Waals surface area contributed by atoms with Crippen LogP contribution >= 0.6 is 0 Å². The predicted molar refractivity (Wildman–Crippen MR) is 78.2 cm³/mol. The van der Waals surface area contributed by atoms with Gasteiger partial charge < -0.3 is 10.4 Å². The van der Waals surface area contributed by atoms with Crippen molar-refractivity contribution >= 4 is 11.9 Å². The van der Waals surface area contributed by atoms with E-state index in [0.717, 1.165) is 5.56 Å². The van der Waals surface area contributed by atoms with Gasteiger partial charge in [-0.1, -0.05) is 26.0 Å². The first-order valence-corrected chi connectivity index (χ1v) is 6.95. The van der Waals surface area contributed by atoms with Gasteiger partial charge in [-0.2, -0.15) is 0 Å². The summed E-state index contributed by atoms with van der Waals surface area (Å²) in [5.41, 5.74) is -0.335. The van der Waals surface area contributed by atoms with Crippen LogP contribution in [0.15, 0.2) is 24.3 Å². The second-order valence-corrected chi connectivity index (χ2v) is 5.89. The summed E-state index contributed by atoms with van der Waals surface area (Å²) in [4.78, 5) is 23.4. The molecule has 0 spiro atoms. The van der Waals surface area contributed by atoms with Crippen molar-refractivity contribution in [2.75, 3.05) is 0 Å². The average Bonchev–Trinajstić information content (AvgIpc) is 2.38. The van der Waals surface area contributed by atoms with Crippen LogP contribution in [0.1, 0.15) is 45.7 Å². The van der Waals surface area contributed by atoms with E-state index in [1.54, 1.807) is 39.8 Å². The molecular formula is C16H22FNO3. The Morgan fingerprint density at radius 1 is 1.24 bits per heavy atom. The number of aliphatic carboxylic acids is 1. The molecule has 1 aromatic carbocycles. The van der Waals surface area contributed by atoms with Crippen molar-refractivity contribution < 1.29 is 19.1 Å². The minimum absolute atomic E-state index is 0.0917. The van der Waals surface area contributed by atoms with Gasteiger partial charge in [-0.05, 0) is 37.5 Å². The molecule has 0 bridgehead atoms. The number of nitrogens with one attached hydrogen (secondary N) is 1. The Labute approximate surface area is 124 Å². The van der Waals surface area contributed by atoms with Gasteiger partial charge in [0.1, 0.15) is 5.82 Å².